The molecular formula is C14H22N4S. The Labute approximate surface area is 118 Å². The highest BCUT2D eigenvalue weighted by atomic mass is 32.1. The fraction of sp³-hybridized carbons (Fsp3) is 0.571. The molecule has 4 nitrogen and oxygen atoms in total. The van der Waals surface area contributed by atoms with Crippen LogP contribution in [0.5, 0.6) is 0 Å². The zero-order chi connectivity index (χ0) is 13.7. The van der Waals surface area contributed by atoms with Crippen molar-refractivity contribution >= 4 is 11.3 Å². The van der Waals surface area contributed by atoms with E-state index in [0.29, 0.717) is 6.04 Å². The lowest BCUT2D eigenvalue weighted by atomic mass is 10.1. The summed E-state index contributed by atoms with van der Waals surface area (Å²) in [5, 5.41) is 10.3. The maximum Gasteiger partial charge on any atom is 0.0795 e. The summed E-state index contributed by atoms with van der Waals surface area (Å²) < 4.78 is 2.01. The van der Waals surface area contributed by atoms with Crippen LogP contribution < -0.4 is 5.32 Å². The third-order valence-corrected chi connectivity index (χ3v) is 3.66. The van der Waals surface area contributed by atoms with Crippen LogP contribution in [0.3, 0.4) is 0 Å². The van der Waals surface area contributed by atoms with Gasteiger partial charge in [-0.1, -0.05) is 6.92 Å². The van der Waals surface area contributed by atoms with E-state index >= 15 is 0 Å². The molecule has 104 valence electrons. The zero-order valence-corrected chi connectivity index (χ0v) is 12.7. The van der Waals surface area contributed by atoms with Crippen molar-refractivity contribution in [3.05, 3.63) is 34.5 Å². The van der Waals surface area contributed by atoms with Crippen LogP contribution in [-0.2, 0) is 6.42 Å². The van der Waals surface area contributed by atoms with Gasteiger partial charge in [-0.25, -0.2) is 4.98 Å². The number of rotatable bonds is 7. The van der Waals surface area contributed by atoms with Crippen LogP contribution >= 0.6 is 11.3 Å². The second-order valence-corrected chi connectivity index (χ2v) is 5.72. The Morgan fingerprint density at radius 3 is 2.84 bits per heavy atom. The van der Waals surface area contributed by atoms with E-state index < -0.39 is 0 Å². The summed E-state index contributed by atoms with van der Waals surface area (Å²) in [7, 11) is 0. The average Bonchev–Trinajstić information content (AvgIpc) is 3.05. The SMILES string of the molecule is CCCNC(Cc1ccn(C(C)C)n1)c1cscn1. The van der Waals surface area contributed by atoms with Crippen molar-refractivity contribution in [2.45, 2.75) is 45.7 Å². The van der Waals surface area contributed by atoms with E-state index in [2.05, 4.69) is 53.8 Å². The molecule has 0 aliphatic heterocycles. The Morgan fingerprint density at radius 1 is 1.42 bits per heavy atom. The molecule has 19 heavy (non-hydrogen) atoms. The highest BCUT2D eigenvalue weighted by Gasteiger charge is 2.15. The Morgan fingerprint density at radius 2 is 2.26 bits per heavy atom. The molecule has 2 aromatic rings. The quantitative estimate of drug-likeness (QED) is 0.845. The van der Waals surface area contributed by atoms with Crippen molar-refractivity contribution < 1.29 is 0 Å². The fourth-order valence-corrected chi connectivity index (χ4v) is 2.58. The van der Waals surface area contributed by atoms with Gasteiger partial charge in [0.05, 0.1) is 22.9 Å². The van der Waals surface area contributed by atoms with E-state index in [0.717, 1.165) is 30.8 Å². The van der Waals surface area contributed by atoms with Gasteiger partial charge in [0.1, 0.15) is 0 Å². The Balaban J connectivity index is 2.06. The van der Waals surface area contributed by atoms with Crippen LogP contribution in [-0.4, -0.2) is 21.3 Å². The highest BCUT2D eigenvalue weighted by Crippen LogP contribution is 2.18. The predicted octanol–water partition coefficient (Wildman–Crippen LogP) is 3.20. The summed E-state index contributed by atoms with van der Waals surface area (Å²) in [6.45, 7) is 7.47. The third-order valence-electron chi connectivity index (χ3n) is 3.06. The number of nitrogens with zero attached hydrogens (tertiary/aromatic N) is 3. The number of hydrogen-bond acceptors (Lipinski definition) is 4. The molecule has 0 saturated heterocycles. The molecule has 0 fully saturated rings. The lowest BCUT2D eigenvalue weighted by Gasteiger charge is -2.15. The lowest BCUT2D eigenvalue weighted by molar-refractivity contribution is 0.494. The van der Waals surface area contributed by atoms with E-state index in [1.165, 1.54) is 0 Å². The minimum absolute atomic E-state index is 0.265. The van der Waals surface area contributed by atoms with Gasteiger partial charge >= 0.3 is 0 Å². The standard InChI is InChI=1S/C14H22N4S/c1-4-6-15-13(14-9-19-10-16-14)8-12-5-7-18(17-12)11(2)3/h5,7,9-11,13,15H,4,6,8H2,1-3H3. The number of aromatic nitrogens is 3. The summed E-state index contributed by atoms with van der Waals surface area (Å²) in [6.07, 6.45) is 4.07. The largest absolute Gasteiger partial charge is 0.308 e. The van der Waals surface area contributed by atoms with Gasteiger partial charge in [-0.2, -0.15) is 5.10 Å². The van der Waals surface area contributed by atoms with Crippen LogP contribution in [0.15, 0.2) is 23.2 Å². The van der Waals surface area contributed by atoms with Gasteiger partial charge in [0.2, 0.25) is 0 Å². The van der Waals surface area contributed by atoms with Crippen molar-refractivity contribution in [1.29, 1.82) is 0 Å². The maximum absolute atomic E-state index is 4.62. The van der Waals surface area contributed by atoms with Crippen molar-refractivity contribution in [1.82, 2.24) is 20.1 Å². The molecule has 0 saturated carbocycles. The summed E-state index contributed by atoms with van der Waals surface area (Å²) >= 11 is 1.65. The summed E-state index contributed by atoms with van der Waals surface area (Å²) in [5.74, 6) is 0. The molecule has 1 atom stereocenters. The van der Waals surface area contributed by atoms with Gasteiger partial charge in [0, 0.05) is 24.0 Å². The van der Waals surface area contributed by atoms with Crippen LogP contribution in [0.4, 0.5) is 0 Å². The van der Waals surface area contributed by atoms with E-state index in [-0.39, 0.29) is 6.04 Å². The van der Waals surface area contributed by atoms with E-state index in [4.69, 9.17) is 0 Å². The summed E-state index contributed by atoms with van der Waals surface area (Å²) in [5.41, 5.74) is 4.13. The van der Waals surface area contributed by atoms with Crippen LogP contribution in [0.2, 0.25) is 0 Å². The molecule has 2 aromatic heterocycles. The van der Waals surface area contributed by atoms with E-state index in [9.17, 15) is 0 Å². The second-order valence-electron chi connectivity index (χ2n) is 5.00. The fourth-order valence-electron chi connectivity index (χ4n) is 1.98. The summed E-state index contributed by atoms with van der Waals surface area (Å²) in [4.78, 5) is 4.43. The maximum atomic E-state index is 4.62. The first kappa shape index (κ1) is 14.2. The van der Waals surface area contributed by atoms with Gasteiger partial charge in [0.25, 0.3) is 0 Å². The van der Waals surface area contributed by atoms with Crippen molar-refractivity contribution in [2.24, 2.45) is 0 Å². The minimum atomic E-state index is 0.265. The van der Waals surface area contributed by atoms with Gasteiger partial charge < -0.3 is 5.32 Å². The molecule has 0 aromatic carbocycles. The van der Waals surface area contributed by atoms with Crippen molar-refractivity contribution in [3.8, 4) is 0 Å². The predicted molar refractivity (Wildman–Crippen MR) is 79.5 cm³/mol. The Bertz CT molecular complexity index is 475. The average molecular weight is 278 g/mol. The lowest BCUT2D eigenvalue weighted by Crippen LogP contribution is -2.24. The van der Waals surface area contributed by atoms with Crippen LogP contribution in [0.25, 0.3) is 0 Å². The Kier molecular flexibility index (Phi) is 5.10. The highest BCUT2D eigenvalue weighted by molar-refractivity contribution is 7.07. The zero-order valence-electron chi connectivity index (χ0n) is 11.8. The van der Waals surface area contributed by atoms with Crippen LogP contribution in [0.1, 0.15) is 50.7 Å². The number of thiazole rings is 1. The first-order valence-corrected chi connectivity index (χ1v) is 7.80. The van der Waals surface area contributed by atoms with Gasteiger partial charge in [-0.15, -0.1) is 11.3 Å². The van der Waals surface area contributed by atoms with Crippen molar-refractivity contribution in [2.75, 3.05) is 6.54 Å². The molecule has 1 unspecified atom stereocenters. The van der Waals surface area contributed by atoms with E-state index in [1.54, 1.807) is 11.3 Å². The smallest absolute Gasteiger partial charge is 0.0795 e. The molecule has 0 aliphatic rings. The molecular weight excluding hydrogens is 256 g/mol. The molecule has 0 bridgehead atoms. The number of nitrogens with one attached hydrogen (secondary N) is 1. The minimum Gasteiger partial charge on any atom is -0.308 e. The Hall–Kier alpha value is -1.20. The van der Waals surface area contributed by atoms with Gasteiger partial charge in [0.15, 0.2) is 0 Å². The first-order chi connectivity index (χ1) is 9.20. The van der Waals surface area contributed by atoms with Crippen LogP contribution in [0, 0.1) is 0 Å². The van der Waals surface area contributed by atoms with Crippen molar-refractivity contribution in [3.63, 3.8) is 0 Å². The third kappa shape index (κ3) is 3.88. The molecule has 2 rings (SSSR count). The molecule has 0 spiro atoms. The van der Waals surface area contributed by atoms with Gasteiger partial charge in [-0.05, 0) is 32.9 Å². The molecule has 1 N–H and O–H groups in total. The normalized spacial score (nSPS) is 13.1. The molecule has 0 aliphatic carbocycles. The molecule has 5 heteroatoms. The molecule has 0 radical (unpaired) electrons. The number of hydrogen-bond donors (Lipinski definition) is 1. The topological polar surface area (TPSA) is 42.7 Å². The summed E-state index contributed by atoms with van der Waals surface area (Å²) in [6, 6.07) is 2.78. The van der Waals surface area contributed by atoms with Gasteiger partial charge in [-0.3, -0.25) is 4.68 Å². The first-order valence-electron chi connectivity index (χ1n) is 6.86. The molecule has 2 heterocycles. The van der Waals surface area contributed by atoms with E-state index in [1.807, 2.05) is 10.2 Å². The monoisotopic (exact) mass is 278 g/mol. The molecule has 0 amide bonds. The second kappa shape index (κ2) is 6.82.